The maximum Gasteiger partial charge on any atom is 0.0670 e. The van der Waals surface area contributed by atoms with Gasteiger partial charge in [-0.15, -0.1) is 0 Å². The number of morpholine rings is 1. The molecule has 4 heteroatoms. The fourth-order valence-electron chi connectivity index (χ4n) is 2.50. The molecule has 1 N–H and O–H groups in total. The second kappa shape index (κ2) is 6.60. The molecule has 19 heavy (non-hydrogen) atoms. The van der Waals surface area contributed by atoms with Gasteiger partial charge < -0.3 is 15.0 Å². The lowest BCUT2D eigenvalue weighted by atomic mass is 10.1. The van der Waals surface area contributed by atoms with Crippen molar-refractivity contribution in [2.45, 2.75) is 32.4 Å². The zero-order valence-electron chi connectivity index (χ0n) is 11.9. The summed E-state index contributed by atoms with van der Waals surface area (Å²) in [5, 5.41) is 4.07. The van der Waals surface area contributed by atoms with Gasteiger partial charge >= 0.3 is 0 Å². The highest BCUT2D eigenvalue weighted by molar-refractivity contribution is 6.33. The Bertz CT molecular complexity index is 425. The van der Waals surface area contributed by atoms with Crippen LogP contribution in [0.15, 0.2) is 18.2 Å². The Hall–Kier alpha value is -0.770. The van der Waals surface area contributed by atoms with Crippen LogP contribution in [0.5, 0.6) is 0 Å². The van der Waals surface area contributed by atoms with Crippen LogP contribution < -0.4 is 10.2 Å². The van der Waals surface area contributed by atoms with E-state index >= 15 is 0 Å². The molecule has 0 aliphatic carbocycles. The van der Waals surface area contributed by atoms with E-state index in [9.17, 15) is 0 Å². The monoisotopic (exact) mass is 282 g/mol. The average Bonchev–Trinajstić information content (AvgIpc) is 2.46. The molecule has 106 valence electrons. The third kappa shape index (κ3) is 3.22. The van der Waals surface area contributed by atoms with E-state index in [-0.39, 0.29) is 0 Å². The van der Waals surface area contributed by atoms with Gasteiger partial charge in [0.25, 0.3) is 0 Å². The van der Waals surface area contributed by atoms with Gasteiger partial charge in [0.2, 0.25) is 0 Å². The summed E-state index contributed by atoms with van der Waals surface area (Å²) in [5.41, 5.74) is 2.35. The number of hydrogen-bond acceptors (Lipinski definition) is 3. The summed E-state index contributed by atoms with van der Waals surface area (Å²) >= 11 is 6.48. The Kier molecular flexibility index (Phi) is 5.08. The molecule has 0 spiro atoms. The first-order chi connectivity index (χ1) is 9.17. The standard InChI is InChI=1S/C15H23ClN2O/c1-4-13-10-19-8-7-18(13)15-6-5-12(9-14(15)16)11(2)17-3/h5-6,9,11,13,17H,4,7-8,10H2,1-3H3. The third-order valence-corrected chi connectivity index (χ3v) is 4.22. The molecule has 1 aliphatic rings. The lowest BCUT2D eigenvalue weighted by Crippen LogP contribution is -2.45. The molecule has 1 aromatic rings. The fourth-order valence-corrected chi connectivity index (χ4v) is 2.80. The summed E-state index contributed by atoms with van der Waals surface area (Å²) in [7, 11) is 1.96. The number of rotatable bonds is 4. The zero-order valence-corrected chi connectivity index (χ0v) is 12.7. The maximum absolute atomic E-state index is 6.48. The first-order valence-corrected chi connectivity index (χ1v) is 7.36. The highest BCUT2D eigenvalue weighted by Gasteiger charge is 2.23. The first kappa shape index (κ1) is 14.6. The highest BCUT2D eigenvalue weighted by Crippen LogP contribution is 2.31. The van der Waals surface area contributed by atoms with Gasteiger partial charge in [0.1, 0.15) is 0 Å². The van der Waals surface area contributed by atoms with Crippen LogP contribution >= 0.6 is 11.6 Å². The minimum Gasteiger partial charge on any atom is -0.377 e. The molecular weight excluding hydrogens is 260 g/mol. The van der Waals surface area contributed by atoms with Crippen LogP contribution in [-0.2, 0) is 4.74 Å². The number of anilines is 1. The Morgan fingerprint density at radius 2 is 2.32 bits per heavy atom. The molecule has 2 unspecified atom stereocenters. The van der Waals surface area contributed by atoms with Crippen molar-refractivity contribution in [1.29, 1.82) is 0 Å². The second-order valence-electron chi connectivity index (χ2n) is 5.05. The molecule has 1 aliphatic heterocycles. The van der Waals surface area contributed by atoms with Crippen molar-refractivity contribution in [2.24, 2.45) is 0 Å². The summed E-state index contributed by atoms with van der Waals surface area (Å²) in [5.74, 6) is 0. The van der Waals surface area contributed by atoms with E-state index in [2.05, 4.69) is 42.3 Å². The number of nitrogens with zero attached hydrogens (tertiary/aromatic N) is 1. The zero-order chi connectivity index (χ0) is 13.8. The lowest BCUT2D eigenvalue weighted by Gasteiger charge is -2.37. The van der Waals surface area contributed by atoms with Gasteiger partial charge in [-0.2, -0.15) is 0 Å². The van der Waals surface area contributed by atoms with E-state index in [0.29, 0.717) is 12.1 Å². The number of halogens is 1. The van der Waals surface area contributed by atoms with Crippen molar-refractivity contribution in [3.63, 3.8) is 0 Å². The molecule has 2 atom stereocenters. The Labute approximate surface area is 120 Å². The number of nitrogens with one attached hydrogen (secondary N) is 1. The van der Waals surface area contributed by atoms with Crippen LogP contribution in [0, 0.1) is 0 Å². The van der Waals surface area contributed by atoms with Gasteiger partial charge in [-0.3, -0.25) is 0 Å². The van der Waals surface area contributed by atoms with Crippen LogP contribution in [-0.4, -0.2) is 32.8 Å². The molecule has 0 amide bonds. The maximum atomic E-state index is 6.48. The third-order valence-electron chi connectivity index (χ3n) is 3.91. The summed E-state index contributed by atoms with van der Waals surface area (Å²) in [6, 6.07) is 7.11. The van der Waals surface area contributed by atoms with Gasteiger partial charge in [0.15, 0.2) is 0 Å². The average molecular weight is 283 g/mol. The summed E-state index contributed by atoms with van der Waals surface area (Å²) in [4.78, 5) is 2.37. The van der Waals surface area contributed by atoms with Gasteiger partial charge in [-0.1, -0.05) is 24.6 Å². The van der Waals surface area contributed by atoms with Gasteiger partial charge in [-0.25, -0.2) is 0 Å². The summed E-state index contributed by atoms with van der Waals surface area (Å²) in [6.45, 7) is 6.81. The molecule has 0 saturated carbocycles. The molecule has 1 fully saturated rings. The SMILES string of the molecule is CCC1COCCN1c1ccc(C(C)NC)cc1Cl. The van der Waals surface area contributed by atoms with E-state index in [4.69, 9.17) is 16.3 Å². The summed E-state index contributed by atoms with van der Waals surface area (Å²) < 4.78 is 5.55. The molecule has 2 rings (SSSR count). The van der Waals surface area contributed by atoms with Crippen LogP contribution in [0.4, 0.5) is 5.69 Å². The minimum absolute atomic E-state index is 0.318. The molecule has 3 nitrogen and oxygen atoms in total. The molecule has 0 aromatic heterocycles. The first-order valence-electron chi connectivity index (χ1n) is 6.98. The van der Waals surface area contributed by atoms with Crippen molar-refractivity contribution in [2.75, 3.05) is 31.7 Å². The smallest absolute Gasteiger partial charge is 0.0670 e. The molecule has 1 heterocycles. The summed E-state index contributed by atoms with van der Waals surface area (Å²) in [6.07, 6.45) is 1.07. The van der Waals surface area contributed by atoms with E-state index in [1.54, 1.807) is 0 Å². The largest absolute Gasteiger partial charge is 0.377 e. The number of hydrogen-bond donors (Lipinski definition) is 1. The Morgan fingerprint density at radius 3 is 2.95 bits per heavy atom. The van der Waals surface area contributed by atoms with E-state index in [1.165, 1.54) is 5.56 Å². The van der Waals surface area contributed by atoms with E-state index in [0.717, 1.165) is 36.9 Å². The Morgan fingerprint density at radius 1 is 1.53 bits per heavy atom. The predicted octanol–water partition coefficient (Wildman–Crippen LogP) is 3.24. The van der Waals surface area contributed by atoms with Crippen molar-refractivity contribution in [3.8, 4) is 0 Å². The molecule has 0 bridgehead atoms. The molecule has 1 saturated heterocycles. The van der Waals surface area contributed by atoms with Crippen LogP contribution in [0.3, 0.4) is 0 Å². The Balaban J connectivity index is 2.24. The van der Waals surface area contributed by atoms with Crippen molar-refractivity contribution in [3.05, 3.63) is 28.8 Å². The van der Waals surface area contributed by atoms with Crippen molar-refractivity contribution in [1.82, 2.24) is 5.32 Å². The van der Waals surface area contributed by atoms with Crippen molar-refractivity contribution >= 4 is 17.3 Å². The molecular formula is C15H23ClN2O. The van der Waals surface area contributed by atoms with Crippen LogP contribution in [0.2, 0.25) is 5.02 Å². The van der Waals surface area contributed by atoms with Gasteiger partial charge in [0.05, 0.1) is 30.0 Å². The quantitative estimate of drug-likeness (QED) is 0.918. The second-order valence-corrected chi connectivity index (χ2v) is 5.46. The fraction of sp³-hybridized carbons (Fsp3) is 0.600. The highest BCUT2D eigenvalue weighted by atomic mass is 35.5. The normalized spacial score (nSPS) is 21.5. The number of benzene rings is 1. The minimum atomic E-state index is 0.318. The van der Waals surface area contributed by atoms with Crippen molar-refractivity contribution < 1.29 is 4.74 Å². The van der Waals surface area contributed by atoms with E-state index < -0.39 is 0 Å². The lowest BCUT2D eigenvalue weighted by molar-refractivity contribution is 0.0930. The van der Waals surface area contributed by atoms with Gasteiger partial charge in [-0.05, 0) is 38.1 Å². The molecule has 0 radical (unpaired) electrons. The topological polar surface area (TPSA) is 24.5 Å². The van der Waals surface area contributed by atoms with Crippen LogP contribution in [0.1, 0.15) is 31.9 Å². The number of ether oxygens (including phenoxy) is 1. The van der Waals surface area contributed by atoms with Gasteiger partial charge in [0, 0.05) is 12.6 Å². The van der Waals surface area contributed by atoms with E-state index in [1.807, 2.05) is 7.05 Å². The van der Waals surface area contributed by atoms with Crippen LogP contribution in [0.25, 0.3) is 0 Å². The molecule has 1 aromatic carbocycles. The predicted molar refractivity (Wildman–Crippen MR) is 81.2 cm³/mol.